The van der Waals surface area contributed by atoms with Gasteiger partial charge in [-0.3, -0.25) is 14.4 Å². The van der Waals surface area contributed by atoms with Gasteiger partial charge < -0.3 is 14.5 Å². The summed E-state index contributed by atoms with van der Waals surface area (Å²) in [4.78, 5) is 39.8. The number of amides is 2. The largest absolute Gasteiger partial charge is 0.458 e. The second-order valence-electron chi connectivity index (χ2n) is 6.24. The molecule has 2 saturated heterocycles. The zero-order valence-electron chi connectivity index (χ0n) is 12.5. The number of hydrogen-bond donors (Lipinski definition) is 0. The van der Waals surface area contributed by atoms with Crippen molar-refractivity contribution in [3.8, 4) is 0 Å². The molecule has 0 unspecified atom stereocenters. The second kappa shape index (κ2) is 5.31. The monoisotopic (exact) mass is 294 g/mol. The van der Waals surface area contributed by atoms with Crippen LogP contribution in [-0.2, 0) is 19.1 Å². The van der Waals surface area contributed by atoms with Crippen LogP contribution in [0.3, 0.4) is 0 Å². The Morgan fingerprint density at radius 1 is 1.29 bits per heavy atom. The summed E-state index contributed by atoms with van der Waals surface area (Å²) in [7, 11) is 0. The molecular weight excluding hydrogens is 272 g/mol. The van der Waals surface area contributed by atoms with E-state index in [-0.39, 0.29) is 30.7 Å². The molecule has 0 N–H and O–H groups in total. The van der Waals surface area contributed by atoms with Crippen molar-refractivity contribution >= 4 is 17.8 Å². The average molecular weight is 294 g/mol. The molecule has 3 fully saturated rings. The van der Waals surface area contributed by atoms with E-state index in [1.54, 1.807) is 9.80 Å². The highest BCUT2D eigenvalue weighted by Crippen LogP contribution is 2.46. The summed E-state index contributed by atoms with van der Waals surface area (Å²) in [6.45, 7) is 3.88. The Balaban J connectivity index is 1.73. The van der Waals surface area contributed by atoms with Gasteiger partial charge in [0.2, 0.25) is 11.8 Å². The molecule has 6 nitrogen and oxygen atoms in total. The molecule has 1 saturated carbocycles. The maximum atomic E-state index is 12.8. The first kappa shape index (κ1) is 14.4. The quantitative estimate of drug-likeness (QED) is 0.698. The molecule has 0 radical (unpaired) electrons. The number of piperazine rings is 1. The normalized spacial score (nSPS) is 28.3. The summed E-state index contributed by atoms with van der Waals surface area (Å²) in [6, 6.07) is 0. The molecule has 0 aromatic heterocycles. The fourth-order valence-electron chi connectivity index (χ4n) is 3.88. The summed E-state index contributed by atoms with van der Waals surface area (Å²) >= 11 is 0. The summed E-state index contributed by atoms with van der Waals surface area (Å²) in [5, 5.41) is 0. The van der Waals surface area contributed by atoms with Gasteiger partial charge in [0.05, 0.1) is 18.9 Å². The van der Waals surface area contributed by atoms with Crippen molar-refractivity contribution in [2.45, 2.75) is 44.6 Å². The second-order valence-corrected chi connectivity index (χ2v) is 6.24. The van der Waals surface area contributed by atoms with Gasteiger partial charge in [-0.05, 0) is 32.6 Å². The zero-order valence-corrected chi connectivity index (χ0v) is 12.5. The minimum Gasteiger partial charge on any atom is -0.458 e. The summed E-state index contributed by atoms with van der Waals surface area (Å²) in [6.07, 6.45) is 3.72. The first-order valence-electron chi connectivity index (χ1n) is 7.84. The number of carbonyl (C=O) groups excluding carboxylic acids is 3. The molecule has 2 amide bonds. The molecule has 116 valence electrons. The van der Waals surface area contributed by atoms with Gasteiger partial charge in [-0.1, -0.05) is 0 Å². The smallest absolute Gasteiger partial charge is 0.307 e. The predicted octanol–water partition coefficient (Wildman–Crippen LogP) is 0.553. The molecule has 2 aliphatic heterocycles. The van der Waals surface area contributed by atoms with Gasteiger partial charge in [0, 0.05) is 19.6 Å². The maximum Gasteiger partial charge on any atom is 0.307 e. The van der Waals surface area contributed by atoms with Crippen molar-refractivity contribution in [2.24, 2.45) is 5.92 Å². The molecule has 6 heteroatoms. The number of ether oxygens (including phenoxy) is 1. The number of hydrogen-bond acceptors (Lipinski definition) is 4. The molecule has 1 atom stereocenters. The summed E-state index contributed by atoms with van der Waals surface area (Å²) in [5.74, 6) is -0.753. The summed E-state index contributed by atoms with van der Waals surface area (Å²) < 4.78 is 5.52. The Labute approximate surface area is 124 Å². The van der Waals surface area contributed by atoms with Crippen molar-refractivity contribution in [1.29, 1.82) is 0 Å². The van der Waals surface area contributed by atoms with Crippen molar-refractivity contribution in [3.63, 3.8) is 0 Å². The molecule has 1 spiro atoms. The van der Waals surface area contributed by atoms with Crippen LogP contribution in [0.2, 0.25) is 0 Å². The van der Waals surface area contributed by atoms with Gasteiger partial charge in [-0.25, -0.2) is 0 Å². The van der Waals surface area contributed by atoms with E-state index in [2.05, 4.69) is 0 Å². The van der Waals surface area contributed by atoms with Crippen LogP contribution >= 0.6 is 0 Å². The molecule has 21 heavy (non-hydrogen) atoms. The fraction of sp³-hybridized carbons (Fsp3) is 0.800. The van der Waals surface area contributed by atoms with Crippen LogP contribution in [-0.4, -0.2) is 59.4 Å². The Morgan fingerprint density at radius 2 is 2.00 bits per heavy atom. The lowest BCUT2D eigenvalue weighted by molar-refractivity contribution is -0.155. The standard InChI is InChI=1S/C15H22N2O4/c1-2-16-7-8-17(10-12(16)18)14(20)11-9-13(19)21-15(11)5-3-4-6-15/h11H,2-10H2,1H3/t11-/m0/s1. The lowest BCUT2D eigenvalue weighted by atomic mass is 9.84. The minimum atomic E-state index is -0.584. The number of nitrogens with zero attached hydrogens (tertiary/aromatic N) is 2. The number of rotatable bonds is 2. The lowest BCUT2D eigenvalue weighted by Gasteiger charge is -2.37. The van der Waals surface area contributed by atoms with Crippen LogP contribution in [0, 0.1) is 5.92 Å². The summed E-state index contributed by atoms with van der Waals surface area (Å²) in [5.41, 5.74) is -0.584. The Bertz CT molecular complexity index is 470. The number of carbonyl (C=O) groups is 3. The van der Waals surface area contributed by atoms with E-state index < -0.39 is 11.5 Å². The number of likely N-dealkylation sites (N-methyl/N-ethyl adjacent to an activating group) is 1. The Morgan fingerprint density at radius 3 is 2.62 bits per heavy atom. The van der Waals surface area contributed by atoms with Gasteiger partial charge in [-0.2, -0.15) is 0 Å². The predicted molar refractivity (Wildman–Crippen MR) is 74.2 cm³/mol. The van der Waals surface area contributed by atoms with Gasteiger partial charge in [0.1, 0.15) is 5.60 Å². The van der Waals surface area contributed by atoms with Crippen LogP contribution in [0.15, 0.2) is 0 Å². The van der Waals surface area contributed by atoms with Crippen LogP contribution < -0.4 is 0 Å². The Hall–Kier alpha value is -1.59. The van der Waals surface area contributed by atoms with Gasteiger partial charge in [-0.15, -0.1) is 0 Å². The average Bonchev–Trinajstić information content (AvgIpc) is 3.05. The van der Waals surface area contributed by atoms with Crippen LogP contribution in [0.5, 0.6) is 0 Å². The third-order valence-electron chi connectivity index (χ3n) is 5.08. The first-order chi connectivity index (χ1) is 10.1. The molecule has 0 aromatic carbocycles. The molecule has 3 rings (SSSR count). The molecule has 0 bridgehead atoms. The van der Waals surface area contributed by atoms with E-state index in [1.807, 2.05) is 6.92 Å². The van der Waals surface area contributed by atoms with Crippen molar-refractivity contribution in [3.05, 3.63) is 0 Å². The zero-order chi connectivity index (χ0) is 15.0. The topological polar surface area (TPSA) is 66.9 Å². The highest BCUT2D eigenvalue weighted by Gasteiger charge is 2.55. The van der Waals surface area contributed by atoms with E-state index >= 15 is 0 Å². The number of esters is 1. The highest BCUT2D eigenvalue weighted by atomic mass is 16.6. The molecular formula is C15H22N2O4. The maximum absolute atomic E-state index is 12.8. The van der Waals surface area contributed by atoms with E-state index in [0.29, 0.717) is 19.6 Å². The van der Waals surface area contributed by atoms with E-state index in [9.17, 15) is 14.4 Å². The fourth-order valence-corrected chi connectivity index (χ4v) is 3.88. The molecule has 3 aliphatic rings. The lowest BCUT2D eigenvalue weighted by Crippen LogP contribution is -2.55. The first-order valence-corrected chi connectivity index (χ1v) is 7.84. The Kier molecular flexibility index (Phi) is 3.63. The van der Waals surface area contributed by atoms with Gasteiger partial charge in [0.25, 0.3) is 0 Å². The van der Waals surface area contributed by atoms with Crippen molar-refractivity contribution < 1.29 is 19.1 Å². The van der Waals surface area contributed by atoms with Crippen LogP contribution in [0.25, 0.3) is 0 Å². The molecule has 0 aromatic rings. The van der Waals surface area contributed by atoms with Crippen molar-refractivity contribution in [1.82, 2.24) is 9.80 Å². The third kappa shape index (κ3) is 2.40. The molecule has 2 heterocycles. The molecule has 1 aliphatic carbocycles. The van der Waals surface area contributed by atoms with E-state index in [1.165, 1.54) is 0 Å². The van der Waals surface area contributed by atoms with Crippen molar-refractivity contribution in [2.75, 3.05) is 26.2 Å². The van der Waals surface area contributed by atoms with Crippen LogP contribution in [0.4, 0.5) is 0 Å². The van der Waals surface area contributed by atoms with E-state index in [4.69, 9.17) is 4.74 Å². The highest BCUT2D eigenvalue weighted by molar-refractivity contribution is 5.91. The van der Waals surface area contributed by atoms with Gasteiger partial charge >= 0.3 is 5.97 Å². The SMILES string of the molecule is CCN1CCN(C(=O)[C@@H]2CC(=O)OC23CCCC3)CC1=O. The van der Waals surface area contributed by atoms with Crippen LogP contribution in [0.1, 0.15) is 39.0 Å². The van der Waals surface area contributed by atoms with E-state index in [0.717, 1.165) is 25.7 Å². The minimum absolute atomic E-state index is 0.0113. The third-order valence-corrected chi connectivity index (χ3v) is 5.08. The van der Waals surface area contributed by atoms with Gasteiger partial charge in [0.15, 0.2) is 0 Å².